The molecular formula is C6H13BrO. The summed E-state index contributed by atoms with van der Waals surface area (Å²) >= 11 is 3.37. The summed E-state index contributed by atoms with van der Waals surface area (Å²) in [6.45, 7) is 2.46. The third kappa shape index (κ3) is 3.44. The number of hydrogen-bond acceptors (Lipinski definition) is 1. The average Bonchev–Trinajstić information content (AvgIpc) is 1.83. The molecule has 0 amide bonds. The Bertz CT molecular complexity index is 43.8. The quantitative estimate of drug-likeness (QED) is 0.655. The molecule has 0 spiro atoms. The molecule has 1 unspecified atom stereocenters. The Morgan fingerprint density at radius 2 is 2.25 bits per heavy atom. The number of rotatable bonds is 4. The van der Waals surface area contributed by atoms with Crippen LogP contribution < -0.4 is 0 Å². The van der Waals surface area contributed by atoms with Crippen molar-refractivity contribution in [2.75, 3.05) is 11.9 Å². The van der Waals surface area contributed by atoms with E-state index in [1.54, 1.807) is 0 Å². The molecule has 0 aromatic rings. The first-order valence-corrected chi connectivity index (χ1v) is 4.14. The van der Waals surface area contributed by atoms with Crippen LogP contribution in [0.2, 0.25) is 0 Å². The first kappa shape index (κ1) is 8.44. The maximum Gasteiger partial charge on any atom is 0.0433 e. The number of aliphatic hydroxyl groups is 1. The normalized spacial score (nSPS) is 13.9. The van der Waals surface area contributed by atoms with E-state index in [9.17, 15) is 0 Å². The Labute approximate surface area is 59.2 Å². The van der Waals surface area contributed by atoms with E-state index in [1.165, 1.54) is 0 Å². The molecule has 0 saturated heterocycles. The van der Waals surface area contributed by atoms with E-state index in [1.807, 2.05) is 0 Å². The Hall–Kier alpha value is 0.440. The number of alkyl halides is 1. The highest BCUT2D eigenvalue weighted by molar-refractivity contribution is 9.09. The third-order valence-corrected chi connectivity index (χ3v) is 2.25. The summed E-state index contributed by atoms with van der Waals surface area (Å²) in [7, 11) is 0. The van der Waals surface area contributed by atoms with E-state index in [-0.39, 0.29) is 0 Å². The molecule has 0 radical (unpaired) electrons. The zero-order valence-corrected chi connectivity index (χ0v) is 6.82. The van der Waals surface area contributed by atoms with Gasteiger partial charge in [0.2, 0.25) is 0 Å². The van der Waals surface area contributed by atoms with E-state index in [2.05, 4.69) is 22.9 Å². The highest BCUT2D eigenvalue weighted by Gasteiger charge is 2.00. The smallest absolute Gasteiger partial charge is 0.0433 e. The van der Waals surface area contributed by atoms with Crippen molar-refractivity contribution in [2.24, 2.45) is 5.92 Å². The second kappa shape index (κ2) is 5.57. The van der Waals surface area contributed by atoms with Gasteiger partial charge in [-0.15, -0.1) is 0 Å². The fraction of sp³-hybridized carbons (Fsp3) is 1.00. The van der Waals surface area contributed by atoms with E-state index in [0.29, 0.717) is 12.5 Å². The zero-order chi connectivity index (χ0) is 6.41. The lowest BCUT2D eigenvalue weighted by molar-refractivity contribution is 0.262. The largest absolute Gasteiger partial charge is 0.396 e. The molecule has 2 heteroatoms. The van der Waals surface area contributed by atoms with Gasteiger partial charge in [-0.05, 0) is 12.3 Å². The molecule has 1 nitrogen and oxygen atoms in total. The standard InChI is InChI=1S/C6H13BrO/c1-2-6(5-7)3-4-8/h6,8H,2-5H2,1H3. The number of aliphatic hydroxyl groups excluding tert-OH is 1. The van der Waals surface area contributed by atoms with Crippen LogP contribution in [0, 0.1) is 5.92 Å². The molecule has 0 bridgehead atoms. The molecule has 8 heavy (non-hydrogen) atoms. The van der Waals surface area contributed by atoms with Crippen molar-refractivity contribution in [3.8, 4) is 0 Å². The summed E-state index contributed by atoms with van der Waals surface area (Å²) in [5.74, 6) is 0.667. The molecule has 0 aromatic heterocycles. The lowest BCUT2D eigenvalue weighted by atomic mass is 10.1. The van der Waals surface area contributed by atoms with Crippen LogP contribution in [-0.2, 0) is 0 Å². The van der Waals surface area contributed by atoms with Crippen LogP contribution in [0.5, 0.6) is 0 Å². The maximum atomic E-state index is 8.48. The highest BCUT2D eigenvalue weighted by Crippen LogP contribution is 2.09. The molecule has 0 saturated carbocycles. The van der Waals surface area contributed by atoms with Gasteiger partial charge in [-0.1, -0.05) is 29.3 Å². The molecule has 0 aliphatic heterocycles. The van der Waals surface area contributed by atoms with Crippen molar-refractivity contribution in [3.63, 3.8) is 0 Å². The Kier molecular flexibility index (Phi) is 5.88. The average molecular weight is 181 g/mol. The second-order valence-electron chi connectivity index (χ2n) is 1.94. The van der Waals surface area contributed by atoms with Gasteiger partial charge >= 0.3 is 0 Å². The van der Waals surface area contributed by atoms with Crippen LogP contribution in [0.25, 0.3) is 0 Å². The molecule has 1 atom stereocenters. The molecule has 0 aromatic carbocycles. The van der Waals surface area contributed by atoms with Gasteiger partial charge < -0.3 is 5.11 Å². The second-order valence-corrected chi connectivity index (χ2v) is 2.59. The summed E-state index contributed by atoms with van der Waals surface area (Å²) < 4.78 is 0. The molecule has 0 rings (SSSR count). The first-order chi connectivity index (χ1) is 3.85. The predicted octanol–water partition coefficient (Wildman–Crippen LogP) is 1.79. The van der Waals surface area contributed by atoms with Crippen molar-refractivity contribution in [2.45, 2.75) is 19.8 Å². The topological polar surface area (TPSA) is 20.2 Å². The molecule has 0 fully saturated rings. The van der Waals surface area contributed by atoms with Gasteiger partial charge in [0.15, 0.2) is 0 Å². The maximum absolute atomic E-state index is 8.48. The summed E-state index contributed by atoms with van der Waals surface area (Å²) in [6, 6.07) is 0. The van der Waals surface area contributed by atoms with Crippen LogP contribution >= 0.6 is 15.9 Å². The molecule has 0 aliphatic carbocycles. The first-order valence-electron chi connectivity index (χ1n) is 3.02. The van der Waals surface area contributed by atoms with Gasteiger partial charge in [0.25, 0.3) is 0 Å². The minimum Gasteiger partial charge on any atom is -0.396 e. The van der Waals surface area contributed by atoms with Crippen LogP contribution in [0.3, 0.4) is 0 Å². The van der Waals surface area contributed by atoms with Crippen LogP contribution in [0.4, 0.5) is 0 Å². The minimum absolute atomic E-state index is 0.324. The van der Waals surface area contributed by atoms with Crippen molar-refractivity contribution < 1.29 is 5.11 Å². The predicted molar refractivity (Wildman–Crippen MR) is 39.3 cm³/mol. The van der Waals surface area contributed by atoms with E-state index < -0.39 is 0 Å². The Balaban J connectivity index is 3.07. The Morgan fingerprint density at radius 1 is 1.62 bits per heavy atom. The Morgan fingerprint density at radius 3 is 2.38 bits per heavy atom. The summed E-state index contributed by atoms with van der Waals surface area (Å²) in [5, 5.41) is 9.50. The van der Waals surface area contributed by atoms with Gasteiger partial charge in [-0.25, -0.2) is 0 Å². The summed E-state index contributed by atoms with van der Waals surface area (Å²) in [6.07, 6.45) is 2.09. The summed E-state index contributed by atoms with van der Waals surface area (Å²) in [5.41, 5.74) is 0. The highest BCUT2D eigenvalue weighted by atomic mass is 79.9. The van der Waals surface area contributed by atoms with Gasteiger partial charge in [-0.2, -0.15) is 0 Å². The van der Waals surface area contributed by atoms with Crippen molar-refractivity contribution >= 4 is 15.9 Å². The van der Waals surface area contributed by atoms with E-state index in [4.69, 9.17) is 5.11 Å². The fourth-order valence-corrected chi connectivity index (χ4v) is 1.35. The van der Waals surface area contributed by atoms with Gasteiger partial charge in [0.05, 0.1) is 0 Å². The van der Waals surface area contributed by atoms with E-state index >= 15 is 0 Å². The van der Waals surface area contributed by atoms with Crippen LogP contribution in [-0.4, -0.2) is 17.0 Å². The molecular weight excluding hydrogens is 168 g/mol. The van der Waals surface area contributed by atoms with E-state index in [0.717, 1.165) is 18.2 Å². The molecule has 0 aliphatic rings. The van der Waals surface area contributed by atoms with Gasteiger partial charge in [0.1, 0.15) is 0 Å². The zero-order valence-electron chi connectivity index (χ0n) is 5.23. The van der Waals surface area contributed by atoms with Crippen LogP contribution in [0.15, 0.2) is 0 Å². The summed E-state index contributed by atoms with van der Waals surface area (Å²) in [4.78, 5) is 0. The molecule has 50 valence electrons. The third-order valence-electron chi connectivity index (χ3n) is 1.33. The van der Waals surface area contributed by atoms with Crippen molar-refractivity contribution in [1.29, 1.82) is 0 Å². The SMILES string of the molecule is CCC(CBr)CCO. The van der Waals surface area contributed by atoms with Gasteiger partial charge in [0, 0.05) is 11.9 Å². The van der Waals surface area contributed by atoms with Gasteiger partial charge in [-0.3, -0.25) is 0 Å². The van der Waals surface area contributed by atoms with Crippen LogP contribution in [0.1, 0.15) is 19.8 Å². The lowest BCUT2D eigenvalue weighted by Gasteiger charge is -2.06. The fourth-order valence-electron chi connectivity index (χ4n) is 0.573. The lowest BCUT2D eigenvalue weighted by Crippen LogP contribution is -2.01. The van der Waals surface area contributed by atoms with Crippen molar-refractivity contribution in [3.05, 3.63) is 0 Å². The molecule has 0 heterocycles. The molecule has 1 N–H and O–H groups in total. The minimum atomic E-state index is 0.324. The van der Waals surface area contributed by atoms with Crippen molar-refractivity contribution in [1.82, 2.24) is 0 Å². The number of halogens is 1. The number of hydrogen-bond donors (Lipinski definition) is 1. The monoisotopic (exact) mass is 180 g/mol.